The van der Waals surface area contributed by atoms with E-state index in [1.807, 2.05) is 36.4 Å². The molecule has 0 saturated carbocycles. The van der Waals surface area contributed by atoms with E-state index in [2.05, 4.69) is 5.32 Å². The highest BCUT2D eigenvalue weighted by Gasteiger charge is 2.08. The Morgan fingerprint density at radius 2 is 1.70 bits per heavy atom. The number of nitrogens with zero attached hydrogens (tertiary/aromatic N) is 1. The third kappa shape index (κ3) is 3.41. The number of nitro groups is 1. The minimum Gasteiger partial charge on any atom is -0.456 e. The van der Waals surface area contributed by atoms with E-state index in [0.29, 0.717) is 11.3 Å². The molecule has 1 aromatic heterocycles. The molecule has 0 unspecified atom stereocenters. The summed E-state index contributed by atoms with van der Waals surface area (Å²) in [5.74, 6) is -0.291. The van der Waals surface area contributed by atoms with Crippen molar-refractivity contribution >= 4 is 45.3 Å². The summed E-state index contributed by atoms with van der Waals surface area (Å²) in [5, 5.41) is 15.4. The van der Waals surface area contributed by atoms with Gasteiger partial charge < -0.3 is 9.73 Å². The molecule has 0 aliphatic heterocycles. The average Bonchev–Trinajstić information content (AvgIpc) is 3.05. The molecule has 0 bridgehead atoms. The van der Waals surface area contributed by atoms with Crippen molar-refractivity contribution in [1.82, 2.24) is 0 Å². The normalized spacial score (nSPS) is 11.3. The maximum atomic E-state index is 12.2. The van der Waals surface area contributed by atoms with Crippen LogP contribution in [-0.2, 0) is 4.79 Å². The summed E-state index contributed by atoms with van der Waals surface area (Å²) in [4.78, 5) is 22.4. The number of amides is 1. The molecule has 0 aliphatic rings. The first-order valence-corrected chi connectivity index (χ1v) is 8.25. The number of benzene rings is 3. The van der Waals surface area contributed by atoms with Gasteiger partial charge in [-0.3, -0.25) is 14.9 Å². The molecule has 132 valence electrons. The molecule has 6 heteroatoms. The van der Waals surface area contributed by atoms with Gasteiger partial charge in [0.15, 0.2) is 0 Å². The number of rotatable bonds is 4. The van der Waals surface area contributed by atoms with Crippen LogP contribution >= 0.6 is 0 Å². The van der Waals surface area contributed by atoms with Gasteiger partial charge in [0, 0.05) is 34.7 Å². The second kappa shape index (κ2) is 6.76. The van der Waals surface area contributed by atoms with Crippen LogP contribution in [0.5, 0.6) is 0 Å². The standard InChI is InChI=1S/C21H14N2O4/c24-21(12-7-14-5-9-16(10-6-14)23(25)26)22-15-8-11-20-18(13-15)17-3-1-2-4-19(17)27-20/h1-13H,(H,22,24)/b12-7+. The molecule has 1 heterocycles. The Bertz CT molecular complexity index is 1190. The first-order valence-electron chi connectivity index (χ1n) is 8.25. The number of para-hydroxylation sites is 1. The largest absolute Gasteiger partial charge is 0.456 e. The topological polar surface area (TPSA) is 85.4 Å². The number of furan rings is 1. The van der Waals surface area contributed by atoms with Gasteiger partial charge in [0.05, 0.1) is 4.92 Å². The van der Waals surface area contributed by atoms with Crippen molar-refractivity contribution < 1.29 is 14.1 Å². The second-order valence-electron chi connectivity index (χ2n) is 5.98. The van der Waals surface area contributed by atoms with Gasteiger partial charge in [0.1, 0.15) is 11.2 Å². The molecule has 3 aromatic carbocycles. The summed E-state index contributed by atoms with van der Waals surface area (Å²) in [6.07, 6.45) is 2.99. The van der Waals surface area contributed by atoms with Gasteiger partial charge in [0.25, 0.3) is 5.69 Å². The number of fused-ring (bicyclic) bond motifs is 3. The van der Waals surface area contributed by atoms with E-state index in [-0.39, 0.29) is 11.6 Å². The zero-order chi connectivity index (χ0) is 18.8. The van der Waals surface area contributed by atoms with E-state index in [1.54, 1.807) is 24.3 Å². The van der Waals surface area contributed by atoms with E-state index >= 15 is 0 Å². The van der Waals surface area contributed by atoms with Crippen molar-refractivity contribution in [1.29, 1.82) is 0 Å². The second-order valence-corrected chi connectivity index (χ2v) is 5.98. The highest BCUT2D eigenvalue weighted by Crippen LogP contribution is 2.30. The van der Waals surface area contributed by atoms with Gasteiger partial charge in [0.2, 0.25) is 5.91 Å². The molecule has 0 saturated heterocycles. The number of hydrogen-bond acceptors (Lipinski definition) is 4. The van der Waals surface area contributed by atoms with Gasteiger partial charge >= 0.3 is 0 Å². The smallest absolute Gasteiger partial charge is 0.269 e. The number of hydrogen-bond donors (Lipinski definition) is 1. The number of nitrogens with one attached hydrogen (secondary N) is 1. The van der Waals surface area contributed by atoms with Crippen molar-refractivity contribution in [2.75, 3.05) is 5.32 Å². The molecular weight excluding hydrogens is 344 g/mol. The predicted molar refractivity (Wildman–Crippen MR) is 104 cm³/mol. The molecule has 4 rings (SSSR count). The zero-order valence-electron chi connectivity index (χ0n) is 14.1. The Balaban J connectivity index is 1.52. The monoisotopic (exact) mass is 358 g/mol. The van der Waals surface area contributed by atoms with E-state index in [9.17, 15) is 14.9 Å². The highest BCUT2D eigenvalue weighted by molar-refractivity contribution is 6.08. The summed E-state index contributed by atoms with van der Waals surface area (Å²) in [5.41, 5.74) is 2.93. The molecule has 0 aliphatic carbocycles. The number of carbonyl (C=O) groups excluding carboxylic acids is 1. The minimum absolute atomic E-state index is 0.0113. The fraction of sp³-hybridized carbons (Fsp3) is 0. The Morgan fingerprint density at radius 3 is 2.48 bits per heavy atom. The molecule has 0 atom stereocenters. The fourth-order valence-electron chi connectivity index (χ4n) is 2.87. The van der Waals surface area contributed by atoms with Gasteiger partial charge in [-0.25, -0.2) is 0 Å². The lowest BCUT2D eigenvalue weighted by molar-refractivity contribution is -0.384. The van der Waals surface area contributed by atoms with Crippen molar-refractivity contribution in [3.63, 3.8) is 0 Å². The van der Waals surface area contributed by atoms with Crippen LogP contribution in [0.15, 0.2) is 77.2 Å². The molecule has 0 spiro atoms. The van der Waals surface area contributed by atoms with Crippen LogP contribution in [0.1, 0.15) is 5.56 Å². The van der Waals surface area contributed by atoms with Gasteiger partial charge in [-0.2, -0.15) is 0 Å². The quantitative estimate of drug-likeness (QED) is 0.311. The van der Waals surface area contributed by atoms with Crippen molar-refractivity contribution in [2.24, 2.45) is 0 Å². The highest BCUT2D eigenvalue weighted by atomic mass is 16.6. The summed E-state index contributed by atoms with van der Waals surface area (Å²) in [7, 11) is 0. The van der Waals surface area contributed by atoms with E-state index in [4.69, 9.17) is 4.42 Å². The summed E-state index contributed by atoms with van der Waals surface area (Å²) in [6, 6.07) is 19.2. The Kier molecular flexibility index (Phi) is 4.14. The lowest BCUT2D eigenvalue weighted by Gasteiger charge is -2.02. The van der Waals surface area contributed by atoms with Crippen molar-refractivity contribution in [3.05, 3.63) is 88.5 Å². The summed E-state index contributed by atoms with van der Waals surface area (Å²) < 4.78 is 5.77. The molecular formula is C21H14N2O4. The van der Waals surface area contributed by atoms with Crippen LogP contribution in [0.25, 0.3) is 28.0 Å². The van der Waals surface area contributed by atoms with Crippen LogP contribution in [-0.4, -0.2) is 10.8 Å². The number of non-ortho nitro benzene ring substituents is 1. The third-order valence-corrected chi connectivity index (χ3v) is 4.18. The Hall–Kier alpha value is -3.93. The maximum absolute atomic E-state index is 12.2. The van der Waals surface area contributed by atoms with Crippen LogP contribution in [0, 0.1) is 10.1 Å². The van der Waals surface area contributed by atoms with Gasteiger partial charge in [-0.05, 0) is 48.0 Å². The van der Waals surface area contributed by atoms with Crippen LogP contribution in [0.4, 0.5) is 11.4 Å². The fourth-order valence-corrected chi connectivity index (χ4v) is 2.87. The molecule has 6 nitrogen and oxygen atoms in total. The van der Waals surface area contributed by atoms with Crippen LogP contribution in [0.2, 0.25) is 0 Å². The predicted octanol–water partition coefficient (Wildman–Crippen LogP) is 5.15. The molecule has 1 amide bonds. The maximum Gasteiger partial charge on any atom is 0.269 e. The molecule has 27 heavy (non-hydrogen) atoms. The van der Waals surface area contributed by atoms with Gasteiger partial charge in [-0.15, -0.1) is 0 Å². The van der Waals surface area contributed by atoms with Crippen LogP contribution < -0.4 is 5.32 Å². The average molecular weight is 358 g/mol. The lowest BCUT2D eigenvalue weighted by atomic mass is 10.1. The van der Waals surface area contributed by atoms with Crippen LogP contribution in [0.3, 0.4) is 0 Å². The Labute approximate surface area is 153 Å². The number of anilines is 1. The number of nitro benzene ring substituents is 1. The van der Waals surface area contributed by atoms with Crippen molar-refractivity contribution in [2.45, 2.75) is 0 Å². The van der Waals surface area contributed by atoms with E-state index < -0.39 is 4.92 Å². The number of carbonyl (C=O) groups is 1. The third-order valence-electron chi connectivity index (χ3n) is 4.18. The molecule has 1 N–H and O–H groups in total. The SMILES string of the molecule is O=C(/C=C/c1ccc([N+](=O)[O-])cc1)Nc1ccc2oc3ccccc3c2c1. The zero-order valence-corrected chi connectivity index (χ0v) is 14.1. The van der Waals surface area contributed by atoms with Crippen molar-refractivity contribution in [3.8, 4) is 0 Å². The first-order chi connectivity index (χ1) is 13.1. The minimum atomic E-state index is -0.462. The first kappa shape index (κ1) is 16.5. The van der Waals surface area contributed by atoms with E-state index in [0.717, 1.165) is 21.9 Å². The Morgan fingerprint density at radius 1 is 0.963 bits per heavy atom. The van der Waals surface area contributed by atoms with E-state index in [1.165, 1.54) is 18.2 Å². The summed E-state index contributed by atoms with van der Waals surface area (Å²) in [6.45, 7) is 0. The molecule has 0 radical (unpaired) electrons. The molecule has 0 fully saturated rings. The van der Waals surface area contributed by atoms with Gasteiger partial charge in [-0.1, -0.05) is 18.2 Å². The lowest BCUT2D eigenvalue weighted by Crippen LogP contribution is -2.07. The molecule has 4 aromatic rings. The summed E-state index contributed by atoms with van der Waals surface area (Å²) >= 11 is 0.